The summed E-state index contributed by atoms with van der Waals surface area (Å²) in [5, 5.41) is 1.53. The Morgan fingerprint density at radius 3 is 2.44 bits per heavy atom. The van der Waals surface area contributed by atoms with Crippen LogP contribution >= 0.6 is 11.6 Å². The van der Waals surface area contributed by atoms with Crippen molar-refractivity contribution < 1.29 is 13.2 Å². The highest BCUT2D eigenvalue weighted by molar-refractivity contribution is 7.92. The van der Waals surface area contributed by atoms with Crippen molar-refractivity contribution in [2.24, 2.45) is 5.73 Å². The predicted molar refractivity (Wildman–Crippen MR) is 71.2 cm³/mol. The molecule has 0 radical (unpaired) electrons. The second-order valence-electron chi connectivity index (χ2n) is 3.64. The van der Waals surface area contributed by atoms with E-state index in [-0.39, 0.29) is 0 Å². The van der Waals surface area contributed by atoms with Crippen LogP contribution in [0.1, 0.15) is 12.5 Å². The smallest absolute Gasteiger partial charge is 0.235 e. The standard InChI is InChI=1S/C11H13ClN2O3S/c1-8(11(13)15)14-18(16,17)7-6-9-2-4-10(12)5-3-9/h2-8,14H,1H3,(H2,13,15)/b7-6+. The van der Waals surface area contributed by atoms with Gasteiger partial charge in [0.15, 0.2) is 0 Å². The first kappa shape index (κ1) is 14.7. The minimum absolute atomic E-state index is 0.565. The Bertz CT molecular complexity index is 552. The summed E-state index contributed by atoms with van der Waals surface area (Å²) in [6.07, 6.45) is 1.40. The second kappa shape index (κ2) is 5.99. The van der Waals surface area contributed by atoms with Crippen LogP contribution < -0.4 is 10.5 Å². The van der Waals surface area contributed by atoms with Gasteiger partial charge in [-0.25, -0.2) is 8.42 Å². The van der Waals surface area contributed by atoms with Gasteiger partial charge in [-0.3, -0.25) is 4.79 Å². The maximum atomic E-state index is 11.6. The normalized spacial score (nSPS) is 13.7. The number of carbonyl (C=O) groups excluding carboxylic acids is 1. The van der Waals surface area contributed by atoms with Gasteiger partial charge in [-0.1, -0.05) is 23.7 Å². The zero-order valence-electron chi connectivity index (χ0n) is 9.63. The summed E-state index contributed by atoms with van der Waals surface area (Å²) in [7, 11) is -3.70. The average molecular weight is 289 g/mol. The number of rotatable bonds is 5. The molecule has 1 aromatic rings. The maximum absolute atomic E-state index is 11.6. The fourth-order valence-electron chi connectivity index (χ4n) is 1.09. The van der Waals surface area contributed by atoms with Crippen molar-refractivity contribution in [1.29, 1.82) is 0 Å². The molecule has 1 amide bonds. The third-order valence-electron chi connectivity index (χ3n) is 2.08. The first-order valence-corrected chi connectivity index (χ1v) is 6.98. The average Bonchev–Trinajstić information content (AvgIpc) is 2.27. The van der Waals surface area contributed by atoms with Gasteiger partial charge >= 0.3 is 0 Å². The van der Waals surface area contributed by atoms with Crippen LogP contribution in [0.5, 0.6) is 0 Å². The number of amides is 1. The highest BCUT2D eigenvalue weighted by atomic mass is 35.5. The van der Waals surface area contributed by atoms with E-state index in [1.165, 1.54) is 13.0 Å². The number of sulfonamides is 1. The first-order valence-electron chi connectivity index (χ1n) is 5.05. The lowest BCUT2D eigenvalue weighted by Crippen LogP contribution is -2.41. The molecular weight excluding hydrogens is 276 g/mol. The highest BCUT2D eigenvalue weighted by Gasteiger charge is 2.15. The van der Waals surface area contributed by atoms with Gasteiger partial charge in [0.05, 0.1) is 6.04 Å². The third-order valence-corrected chi connectivity index (χ3v) is 3.51. The van der Waals surface area contributed by atoms with Crippen LogP contribution in [0.4, 0.5) is 0 Å². The molecule has 0 aliphatic heterocycles. The van der Waals surface area contributed by atoms with Crippen molar-refractivity contribution in [1.82, 2.24) is 4.72 Å². The third kappa shape index (κ3) is 4.87. The molecule has 0 aromatic heterocycles. The van der Waals surface area contributed by atoms with Crippen LogP contribution in [-0.4, -0.2) is 20.4 Å². The van der Waals surface area contributed by atoms with E-state index in [0.717, 1.165) is 5.41 Å². The lowest BCUT2D eigenvalue weighted by atomic mass is 10.2. The lowest BCUT2D eigenvalue weighted by molar-refractivity contribution is -0.119. The van der Waals surface area contributed by atoms with Crippen molar-refractivity contribution in [3.8, 4) is 0 Å². The van der Waals surface area contributed by atoms with Gasteiger partial charge in [0.25, 0.3) is 0 Å². The summed E-state index contributed by atoms with van der Waals surface area (Å²) in [6, 6.07) is 5.68. The van der Waals surface area contributed by atoms with E-state index in [2.05, 4.69) is 4.72 Å². The zero-order valence-corrected chi connectivity index (χ0v) is 11.2. The summed E-state index contributed by atoms with van der Waals surface area (Å²) in [4.78, 5) is 10.7. The van der Waals surface area contributed by atoms with Crippen molar-refractivity contribution in [3.63, 3.8) is 0 Å². The molecule has 0 aliphatic carbocycles. The fourth-order valence-corrected chi connectivity index (χ4v) is 2.24. The van der Waals surface area contributed by atoms with E-state index in [0.29, 0.717) is 10.6 Å². The summed E-state index contributed by atoms with van der Waals surface area (Å²) in [5.74, 6) is -0.738. The van der Waals surface area contributed by atoms with E-state index < -0.39 is 22.0 Å². The Morgan fingerprint density at radius 1 is 1.39 bits per heavy atom. The molecular formula is C11H13ClN2O3S. The second-order valence-corrected chi connectivity index (χ2v) is 5.68. The minimum atomic E-state index is -3.70. The fraction of sp³-hybridized carbons (Fsp3) is 0.182. The highest BCUT2D eigenvalue weighted by Crippen LogP contribution is 2.11. The van der Waals surface area contributed by atoms with Crippen molar-refractivity contribution >= 4 is 33.6 Å². The van der Waals surface area contributed by atoms with Gasteiger partial charge < -0.3 is 5.73 Å². The molecule has 1 rings (SSSR count). The molecule has 0 fully saturated rings. The van der Waals surface area contributed by atoms with Crippen molar-refractivity contribution in [2.75, 3.05) is 0 Å². The van der Waals surface area contributed by atoms with Crippen LogP contribution in [0.3, 0.4) is 0 Å². The molecule has 1 aromatic carbocycles. The molecule has 98 valence electrons. The molecule has 7 heteroatoms. The largest absolute Gasteiger partial charge is 0.368 e. The molecule has 5 nitrogen and oxygen atoms in total. The van der Waals surface area contributed by atoms with E-state index in [4.69, 9.17) is 17.3 Å². The van der Waals surface area contributed by atoms with E-state index >= 15 is 0 Å². The number of nitrogens with two attached hydrogens (primary N) is 1. The molecule has 0 bridgehead atoms. The molecule has 3 N–H and O–H groups in total. The summed E-state index contributed by atoms with van der Waals surface area (Å²) in [6.45, 7) is 1.37. The van der Waals surface area contributed by atoms with Crippen LogP contribution in [0, 0.1) is 0 Å². The Morgan fingerprint density at radius 2 is 1.94 bits per heavy atom. The topological polar surface area (TPSA) is 89.3 Å². The molecule has 18 heavy (non-hydrogen) atoms. The molecule has 0 heterocycles. The Balaban J connectivity index is 2.76. The monoisotopic (exact) mass is 288 g/mol. The number of carbonyl (C=O) groups is 1. The van der Waals surface area contributed by atoms with Crippen molar-refractivity contribution in [3.05, 3.63) is 40.3 Å². The molecule has 0 saturated heterocycles. The number of hydrogen-bond acceptors (Lipinski definition) is 3. The van der Waals surface area contributed by atoms with Crippen LogP contribution in [0.15, 0.2) is 29.7 Å². The zero-order chi connectivity index (χ0) is 13.8. The number of nitrogens with one attached hydrogen (secondary N) is 1. The van der Waals surface area contributed by atoms with E-state index in [1.807, 2.05) is 0 Å². The van der Waals surface area contributed by atoms with Crippen LogP contribution in [-0.2, 0) is 14.8 Å². The number of hydrogen-bond donors (Lipinski definition) is 2. The number of benzene rings is 1. The Hall–Kier alpha value is -1.37. The quantitative estimate of drug-likeness (QED) is 0.850. The van der Waals surface area contributed by atoms with Gasteiger partial charge in [0, 0.05) is 10.4 Å². The first-order chi connectivity index (χ1) is 8.30. The van der Waals surface area contributed by atoms with Gasteiger partial charge in [0.2, 0.25) is 15.9 Å². The molecule has 0 aliphatic rings. The van der Waals surface area contributed by atoms with Crippen LogP contribution in [0.2, 0.25) is 5.02 Å². The van der Waals surface area contributed by atoms with E-state index in [9.17, 15) is 13.2 Å². The minimum Gasteiger partial charge on any atom is -0.368 e. The predicted octanol–water partition coefficient (Wildman–Crippen LogP) is 1.10. The molecule has 1 atom stereocenters. The number of primary amides is 1. The van der Waals surface area contributed by atoms with Crippen molar-refractivity contribution in [2.45, 2.75) is 13.0 Å². The van der Waals surface area contributed by atoms with Gasteiger partial charge in [-0.15, -0.1) is 0 Å². The van der Waals surface area contributed by atoms with E-state index in [1.54, 1.807) is 24.3 Å². The summed E-state index contributed by atoms with van der Waals surface area (Å²) >= 11 is 5.70. The van der Waals surface area contributed by atoms with Gasteiger partial charge in [-0.05, 0) is 30.7 Å². The van der Waals surface area contributed by atoms with Gasteiger partial charge in [-0.2, -0.15) is 4.72 Å². The Labute approximate surface area is 111 Å². The Kier molecular flexibility index (Phi) is 4.89. The molecule has 0 spiro atoms. The molecule has 0 saturated carbocycles. The van der Waals surface area contributed by atoms with Gasteiger partial charge in [0.1, 0.15) is 0 Å². The summed E-state index contributed by atoms with van der Waals surface area (Å²) in [5.41, 5.74) is 5.64. The lowest BCUT2D eigenvalue weighted by Gasteiger charge is -2.07. The maximum Gasteiger partial charge on any atom is 0.235 e. The SMILES string of the molecule is CC(NS(=O)(=O)/C=C/c1ccc(Cl)cc1)C(N)=O. The number of halogens is 1. The molecule has 1 unspecified atom stereocenters. The van der Waals surface area contributed by atoms with Crippen LogP contribution in [0.25, 0.3) is 6.08 Å². The summed E-state index contributed by atoms with van der Waals surface area (Å²) < 4.78 is 25.2.